The van der Waals surface area contributed by atoms with Crippen LogP contribution in [0.25, 0.3) is 0 Å². The molecule has 2 aromatic rings. The first-order valence-electron chi connectivity index (χ1n) is 10.3. The number of benzene rings is 1. The van der Waals surface area contributed by atoms with Crippen LogP contribution in [0, 0.1) is 0 Å². The number of nitrogens with one attached hydrogen (secondary N) is 2. The first-order chi connectivity index (χ1) is 14.5. The zero-order chi connectivity index (χ0) is 21.3. The summed E-state index contributed by atoms with van der Waals surface area (Å²) in [5, 5.41) is 7.31. The highest BCUT2D eigenvalue weighted by atomic mass is 35.5. The third-order valence-electron chi connectivity index (χ3n) is 5.03. The van der Waals surface area contributed by atoms with Gasteiger partial charge in [-0.1, -0.05) is 17.7 Å². The average Bonchev–Trinajstić information content (AvgIpc) is 2.76. The summed E-state index contributed by atoms with van der Waals surface area (Å²) >= 11 is 5.91. The van der Waals surface area contributed by atoms with Crippen LogP contribution in [-0.4, -0.2) is 68.8 Å². The molecular formula is C22H31ClN6O. The number of hydrogen-bond donors (Lipinski definition) is 2. The topological polar surface area (TPSA) is 65.0 Å². The molecule has 3 rings (SSSR count). The van der Waals surface area contributed by atoms with Gasteiger partial charge in [-0.05, 0) is 49.9 Å². The lowest BCUT2D eigenvalue weighted by molar-refractivity contribution is 0.224. The number of ether oxygens (including phenoxy) is 1. The Balaban J connectivity index is 1.42. The molecule has 1 aliphatic heterocycles. The van der Waals surface area contributed by atoms with Crippen LogP contribution in [0.3, 0.4) is 0 Å². The molecule has 1 unspecified atom stereocenters. The highest BCUT2D eigenvalue weighted by Gasteiger charge is 2.15. The van der Waals surface area contributed by atoms with Crippen molar-refractivity contribution in [3.8, 4) is 5.75 Å². The summed E-state index contributed by atoms with van der Waals surface area (Å²) in [6.07, 6.45) is 1.91. The van der Waals surface area contributed by atoms with Gasteiger partial charge in [-0.3, -0.25) is 4.99 Å². The standard InChI is InChI=1S/C22H31ClN6O/c1-17(30-20-7-5-19(23)6-8-20)14-26-22(24-2)27-16-18-4-9-21(25-15-18)29-12-10-28(3)11-13-29/h4-9,15,17H,10-14,16H2,1-3H3,(H2,24,26,27). The minimum absolute atomic E-state index is 0.0192. The van der Waals surface area contributed by atoms with Crippen LogP contribution in [-0.2, 0) is 6.54 Å². The number of pyridine rings is 1. The molecule has 1 fully saturated rings. The van der Waals surface area contributed by atoms with Crippen molar-refractivity contribution in [2.45, 2.75) is 19.6 Å². The second-order valence-electron chi connectivity index (χ2n) is 7.50. The molecule has 0 saturated carbocycles. The quantitative estimate of drug-likeness (QED) is 0.520. The molecule has 30 heavy (non-hydrogen) atoms. The number of piperazine rings is 1. The van der Waals surface area contributed by atoms with Gasteiger partial charge in [-0.2, -0.15) is 0 Å². The Morgan fingerprint density at radius 3 is 2.50 bits per heavy atom. The molecule has 1 saturated heterocycles. The van der Waals surface area contributed by atoms with Crippen molar-refractivity contribution in [3.05, 3.63) is 53.2 Å². The molecular weight excluding hydrogens is 400 g/mol. The first-order valence-corrected chi connectivity index (χ1v) is 10.7. The van der Waals surface area contributed by atoms with Gasteiger partial charge >= 0.3 is 0 Å². The van der Waals surface area contributed by atoms with Crippen molar-refractivity contribution in [1.29, 1.82) is 0 Å². The molecule has 1 aromatic carbocycles. The molecule has 2 heterocycles. The maximum absolute atomic E-state index is 5.91. The zero-order valence-corrected chi connectivity index (χ0v) is 18.7. The fraction of sp³-hybridized carbons (Fsp3) is 0.455. The van der Waals surface area contributed by atoms with Crippen LogP contribution in [0.2, 0.25) is 5.02 Å². The van der Waals surface area contributed by atoms with Gasteiger partial charge in [-0.15, -0.1) is 0 Å². The number of anilines is 1. The van der Waals surface area contributed by atoms with Crippen LogP contribution < -0.4 is 20.3 Å². The smallest absolute Gasteiger partial charge is 0.191 e. The Hall–Kier alpha value is -2.51. The molecule has 162 valence electrons. The minimum Gasteiger partial charge on any atom is -0.489 e. The summed E-state index contributed by atoms with van der Waals surface area (Å²) in [6.45, 7) is 7.49. The molecule has 0 bridgehead atoms. The molecule has 1 aromatic heterocycles. The SMILES string of the molecule is CN=C(NCc1ccc(N2CCN(C)CC2)nc1)NCC(C)Oc1ccc(Cl)cc1. The molecule has 2 N–H and O–H groups in total. The molecule has 7 nitrogen and oxygen atoms in total. The fourth-order valence-electron chi connectivity index (χ4n) is 3.18. The van der Waals surface area contributed by atoms with Crippen molar-refractivity contribution in [2.75, 3.05) is 51.7 Å². The van der Waals surface area contributed by atoms with Crippen LogP contribution in [0.15, 0.2) is 47.6 Å². The van der Waals surface area contributed by atoms with Crippen molar-refractivity contribution in [2.24, 2.45) is 4.99 Å². The summed E-state index contributed by atoms with van der Waals surface area (Å²) in [5.41, 5.74) is 1.11. The van der Waals surface area contributed by atoms with Gasteiger partial charge in [0.15, 0.2) is 5.96 Å². The summed E-state index contributed by atoms with van der Waals surface area (Å²) < 4.78 is 5.88. The Kier molecular flexibility index (Phi) is 8.16. The number of likely N-dealkylation sites (N-methyl/N-ethyl adjacent to an activating group) is 1. The second-order valence-corrected chi connectivity index (χ2v) is 7.94. The molecule has 1 aliphatic rings. The van der Waals surface area contributed by atoms with E-state index in [-0.39, 0.29) is 6.10 Å². The molecule has 0 aliphatic carbocycles. The molecule has 8 heteroatoms. The summed E-state index contributed by atoms with van der Waals surface area (Å²) in [4.78, 5) is 13.6. The molecule has 0 radical (unpaired) electrons. The lowest BCUT2D eigenvalue weighted by atomic mass is 10.2. The zero-order valence-electron chi connectivity index (χ0n) is 17.9. The molecule has 1 atom stereocenters. The number of nitrogens with zero attached hydrogens (tertiary/aromatic N) is 4. The number of aromatic nitrogens is 1. The highest BCUT2D eigenvalue weighted by Crippen LogP contribution is 2.16. The van der Waals surface area contributed by atoms with E-state index in [1.54, 1.807) is 7.05 Å². The Morgan fingerprint density at radius 2 is 1.87 bits per heavy atom. The van der Waals surface area contributed by atoms with Crippen molar-refractivity contribution in [3.63, 3.8) is 0 Å². The minimum atomic E-state index is -0.0192. The second kappa shape index (κ2) is 11.0. The van der Waals surface area contributed by atoms with Crippen molar-refractivity contribution in [1.82, 2.24) is 20.5 Å². The molecule has 0 amide bonds. The average molecular weight is 431 g/mol. The van der Waals surface area contributed by atoms with E-state index < -0.39 is 0 Å². The van der Waals surface area contributed by atoms with Crippen LogP contribution in [0.5, 0.6) is 5.75 Å². The van der Waals surface area contributed by atoms with E-state index in [2.05, 4.69) is 49.6 Å². The van der Waals surface area contributed by atoms with Gasteiger partial charge in [0.1, 0.15) is 17.7 Å². The van der Waals surface area contributed by atoms with E-state index in [1.165, 1.54) is 0 Å². The summed E-state index contributed by atoms with van der Waals surface area (Å²) in [5.74, 6) is 2.57. The summed E-state index contributed by atoms with van der Waals surface area (Å²) in [6, 6.07) is 11.6. The predicted molar refractivity (Wildman–Crippen MR) is 124 cm³/mol. The lowest BCUT2D eigenvalue weighted by Crippen LogP contribution is -2.44. The Morgan fingerprint density at radius 1 is 1.13 bits per heavy atom. The van der Waals surface area contributed by atoms with Gasteiger partial charge in [-0.25, -0.2) is 4.98 Å². The van der Waals surface area contributed by atoms with Gasteiger partial charge in [0, 0.05) is 51.0 Å². The van der Waals surface area contributed by atoms with Crippen LogP contribution >= 0.6 is 11.6 Å². The predicted octanol–water partition coefficient (Wildman–Crippen LogP) is 2.62. The van der Waals surface area contributed by atoms with Crippen LogP contribution in [0.1, 0.15) is 12.5 Å². The Bertz CT molecular complexity index is 803. The van der Waals surface area contributed by atoms with Gasteiger partial charge in [0.2, 0.25) is 0 Å². The largest absolute Gasteiger partial charge is 0.489 e. The third-order valence-corrected chi connectivity index (χ3v) is 5.28. The van der Waals surface area contributed by atoms with E-state index in [0.717, 1.165) is 49.3 Å². The number of halogens is 1. The van der Waals surface area contributed by atoms with Gasteiger partial charge in [0.05, 0.1) is 6.54 Å². The van der Waals surface area contributed by atoms with Crippen molar-refractivity contribution >= 4 is 23.4 Å². The monoisotopic (exact) mass is 430 g/mol. The number of guanidine groups is 1. The van der Waals surface area contributed by atoms with E-state index in [1.807, 2.05) is 37.4 Å². The van der Waals surface area contributed by atoms with Gasteiger partial charge in [0.25, 0.3) is 0 Å². The van der Waals surface area contributed by atoms with E-state index in [4.69, 9.17) is 16.3 Å². The van der Waals surface area contributed by atoms with Crippen LogP contribution in [0.4, 0.5) is 5.82 Å². The lowest BCUT2D eigenvalue weighted by Gasteiger charge is -2.33. The molecule has 0 spiro atoms. The number of rotatable bonds is 7. The van der Waals surface area contributed by atoms with E-state index >= 15 is 0 Å². The van der Waals surface area contributed by atoms with Gasteiger partial charge < -0.3 is 25.2 Å². The third kappa shape index (κ3) is 6.78. The van der Waals surface area contributed by atoms with E-state index in [0.29, 0.717) is 18.1 Å². The Labute approximate surface area is 184 Å². The summed E-state index contributed by atoms with van der Waals surface area (Å²) in [7, 11) is 3.92. The first kappa shape index (κ1) is 22.2. The highest BCUT2D eigenvalue weighted by molar-refractivity contribution is 6.30. The fourth-order valence-corrected chi connectivity index (χ4v) is 3.30. The maximum atomic E-state index is 5.91. The number of hydrogen-bond acceptors (Lipinski definition) is 5. The van der Waals surface area contributed by atoms with E-state index in [9.17, 15) is 0 Å². The normalized spacial score (nSPS) is 16.3. The van der Waals surface area contributed by atoms with Crippen molar-refractivity contribution < 1.29 is 4.74 Å². The maximum Gasteiger partial charge on any atom is 0.191 e. The number of aliphatic imine (C=N–C) groups is 1.